The molecule has 7 heteroatoms. The van der Waals surface area contributed by atoms with E-state index in [1.54, 1.807) is 32.2 Å². The van der Waals surface area contributed by atoms with E-state index in [4.69, 9.17) is 0 Å². The highest BCUT2D eigenvalue weighted by molar-refractivity contribution is 6.00. The number of hydrazone groups is 1. The topological polar surface area (TPSA) is 41.4 Å². The van der Waals surface area contributed by atoms with Crippen LogP contribution in [0.3, 0.4) is 0 Å². The average Bonchev–Trinajstić information content (AvgIpc) is 2.59. The molecule has 0 bridgehead atoms. The smallest absolute Gasteiger partial charge is 0.250 e. The van der Waals surface area contributed by atoms with Crippen molar-refractivity contribution in [2.45, 2.75) is 20.0 Å². The number of alkyl halides is 3. The molecular weight excluding hydrogens is 341 g/mol. The number of aromatic nitrogens is 2. The van der Waals surface area contributed by atoms with Crippen LogP contribution in [0.5, 0.6) is 0 Å². The maximum absolute atomic E-state index is 13.2. The molecule has 0 amide bonds. The van der Waals surface area contributed by atoms with Crippen molar-refractivity contribution in [1.82, 2.24) is 9.97 Å². The maximum atomic E-state index is 13.2. The third-order valence-corrected chi connectivity index (χ3v) is 3.88. The normalized spacial score (nSPS) is 12.5. The third kappa shape index (κ3) is 3.66. The lowest BCUT2D eigenvalue weighted by Crippen LogP contribution is -2.18. The highest BCUT2D eigenvalue weighted by Gasteiger charge is 2.36. The summed E-state index contributed by atoms with van der Waals surface area (Å²) in [4.78, 5) is 7.35. The standard InChI is InChI=1S/C19H17F3N4/c1-12-7-6-8-14(11-12)13(2)25-26(3)17-15-9-4-5-10-16(15)23-18(24-17)19(20,21)22/h4-11H,1-3H3/b25-13+. The minimum absolute atomic E-state index is 0.106. The fraction of sp³-hybridized carbons (Fsp3) is 0.211. The summed E-state index contributed by atoms with van der Waals surface area (Å²) in [5.74, 6) is -1.07. The van der Waals surface area contributed by atoms with E-state index in [1.165, 1.54) is 11.1 Å². The molecule has 0 atom stereocenters. The first-order valence-electron chi connectivity index (χ1n) is 7.95. The summed E-state index contributed by atoms with van der Waals surface area (Å²) in [6.45, 7) is 3.77. The molecule has 26 heavy (non-hydrogen) atoms. The van der Waals surface area contributed by atoms with Gasteiger partial charge < -0.3 is 0 Å². The summed E-state index contributed by atoms with van der Waals surface area (Å²) in [5.41, 5.74) is 2.87. The number of nitrogens with zero attached hydrogens (tertiary/aromatic N) is 4. The molecule has 0 unspecified atom stereocenters. The molecule has 0 aliphatic rings. The molecule has 2 aromatic carbocycles. The Morgan fingerprint density at radius 2 is 1.77 bits per heavy atom. The number of anilines is 1. The number of halogens is 3. The zero-order valence-corrected chi connectivity index (χ0v) is 14.5. The van der Waals surface area contributed by atoms with E-state index in [-0.39, 0.29) is 11.3 Å². The van der Waals surface area contributed by atoms with Gasteiger partial charge in [0.25, 0.3) is 0 Å². The number of fused-ring (bicyclic) bond motifs is 1. The van der Waals surface area contributed by atoms with E-state index in [9.17, 15) is 13.2 Å². The van der Waals surface area contributed by atoms with E-state index >= 15 is 0 Å². The van der Waals surface area contributed by atoms with Gasteiger partial charge in [-0.05, 0) is 31.5 Å². The Morgan fingerprint density at radius 1 is 1.04 bits per heavy atom. The molecule has 4 nitrogen and oxygen atoms in total. The molecule has 1 heterocycles. The predicted octanol–water partition coefficient (Wildman–Crippen LogP) is 4.82. The molecule has 134 valence electrons. The quantitative estimate of drug-likeness (QED) is 0.498. The van der Waals surface area contributed by atoms with E-state index < -0.39 is 12.0 Å². The van der Waals surface area contributed by atoms with Crippen molar-refractivity contribution < 1.29 is 13.2 Å². The van der Waals surface area contributed by atoms with Gasteiger partial charge in [0.1, 0.15) is 0 Å². The number of para-hydroxylation sites is 1. The van der Waals surface area contributed by atoms with Crippen molar-refractivity contribution in [3.05, 3.63) is 65.5 Å². The van der Waals surface area contributed by atoms with Gasteiger partial charge in [-0.15, -0.1) is 0 Å². The second-order valence-corrected chi connectivity index (χ2v) is 5.96. The van der Waals surface area contributed by atoms with Crippen molar-refractivity contribution in [3.8, 4) is 0 Å². The van der Waals surface area contributed by atoms with Crippen LogP contribution in [0.1, 0.15) is 23.9 Å². The average molecular weight is 358 g/mol. The predicted molar refractivity (Wildman–Crippen MR) is 96.3 cm³/mol. The van der Waals surface area contributed by atoms with Gasteiger partial charge in [-0.25, -0.2) is 9.97 Å². The highest BCUT2D eigenvalue weighted by atomic mass is 19.4. The minimum Gasteiger partial charge on any atom is -0.250 e. The first-order valence-corrected chi connectivity index (χ1v) is 7.95. The minimum atomic E-state index is -4.63. The van der Waals surface area contributed by atoms with E-state index in [0.717, 1.165) is 11.1 Å². The summed E-state index contributed by atoms with van der Waals surface area (Å²) < 4.78 is 39.5. The lowest BCUT2D eigenvalue weighted by atomic mass is 10.1. The molecule has 0 saturated heterocycles. The summed E-state index contributed by atoms with van der Waals surface area (Å²) in [6, 6.07) is 14.3. The lowest BCUT2D eigenvalue weighted by Gasteiger charge is -2.17. The molecule has 3 rings (SSSR count). The number of aryl methyl sites for hydroxylation is 1. The molecule has 0 spiro atoms. The Morgan fingerprint density at radius 3 is 2.46 bits per heavy atom. The lowest BCUT2D eigenvalue weighted by molar-refractivity contribution is -0.144. The highest BCUT2D eigenvalue weighted by Crippen LogP contribution is 2.31. The Kier molecular flexibility index (Phi) is 4.63. The van der Waals surface area contributed by atoms with Gasteiger partial charge in [-0.3, -0.25) is 5.01 Å². The van der Waals surface area contributed by atoms with Gasteiger partial charge in [0.2, 0.25) is 5.82 Å². The van der Waals surface area contributed by atoms with Crippen molar-refractivity contribution in [3.63, 3.8) is 0 Å². The molecule has 0 fully saturated rings. The maximum Gasteiger partial charge on any atom is 0.451 e. The van der Waals surface area contributed by atoms with Gasteiger partial charge in [-0.2, -0.15) is 18.3 Å². The SMILES string of the molecule is C/C(=N\N(C)c1nc(C(F)(F)F)nc2ccccc12)c1cccc(C)c1. The molecule has 0 aliphatic heterocycles. The van der Waals surface area contributed by atoms with Crippen LogP contribution in [-0.4, -0.2) is 22.7 Å². The molecule has 1 aromatic heterocycles. The number of benzene rings is 2. The second kappa shape index (κ2) is 6.74. The Labute approximate surface area is 149 Å². The molecule has 0 aliphatic carbocycles. The first kappa shape index (κ1) is 17.8. The van der Waals surface area contributed by atoms with Crippen molar-refractivity contribution in [2.24, 2.45) is 5.10 Å². The van der Waals surface area contributed by atoms with Crippen molar-refractivity contribution in [1.29, 1.82) is 0 Å². The molecule has 0 N–H and O–H groups in total. The molecule has 3 aromatic rings. The summed E-state index contributed by atoms with van der Waals surface area (Å²) in [7, 11) is 1.58. The zero-order valence-electron chi connectivity index (χ0n) is 14.5. The monoisotopic (exact) mass is 358 g/mol. The summed E-state index contributed by atoms with van der Waals surface area (Å²) in [5, 5.41) is 6.29. The first-order chi connectivity index (χ1) is 12.3. The number of hydrogen-bond acceptors (Lipinski definition) is 4. The van der Waals surface area contributed by atoms with Crippen LogP contribution in [-0.2, 0) is 6.18 Å². The summed E-state index contributed by atoms with van der Waals surface area (Å²) in [6.07, 6.45) is -4.63. The van der Waals surface area contributed by atoms with Crippen molar-refractivity contribution >= 4 is 22.4 Å². The molecule has 0 saturated carbocycles. The van der Waals surface area contributed by atoms with Crippen LogP contribution >= 0.6 is 0 Å². The van der Waals surface area contributed by atoms with E-state index in [2.05, 4.69) is 15.1 Å². The van der Waals surface area contributed by atoms with Crippen molar-refractivity contribution in [2.75, 3.05) is 12.1 Å². The van der Waals surface area contributed by atoms with E-state index in [0.29, 0.717) is 11.1 Å². The Bertz CT molecular complexity index is 980. The largest absolute Gasteiger partial charge is 0.451 e. The summed E-state index contributed by atoms with van der Waals surface area (Å²) >= 11 is 0. The Balaban J connectivity index is 2.10. The van der Waals surface area contributed by atoms with E-state index in [1.807, 2.05) is 31.2 Å². The fourth-order valence-corrected chi connectivity index (χ4v) is 2.63. The van der Waals surface area contributed by atoms with Crippen LogP contribution in [0.15, 0.2) is 53.6 Å². The van der Waals surface area contributed by atoms with Gasteiger partial charge >= 0.3 is 6.18 Å². The number of hydrogen-bond donors (Lipinski definition) is 0. The zero-order chi connectivity index (χ0) is 18.9. The molecule has 0 radical (unpaired) electrons. The van der Waals surface area contributed by atoms with Gasteiger partial charge in [-0.1, -0.05) is 42.0 Å². The Hall–Kier alpha value is -2.96. The van der Waals surface area contributed by atoms with Gasteiger partial charge in [0.15, 0.2) is 5.82 Å². The van der Waals surface area contributed by atoms with Crippen LogP contribution in [0, 0.1) is 6.92 Å². The fourth-order valence-electron chi connectivity index (χ4n) is 2.63. The van der Waals surface area contributed by atoms with Gasteiger partial charge in [0.05, 0.1) is 11.2 Å². The third-order valence-electron chi connectivity index (χ3n) is 3.88. The second-order valence-electron chi connectivity index (χ2n) is 5.96. The van der Waals surface area contributed by atoms with Crippen LogP contribution in [0.25, 0.3) is 10.9 Å². The van der Waals surface area contributed by atoms with Crippen LogP contribution in [0.4, 0.5) is 19.0 Å². The van der Waals surface area contributed by atoms with Crippen LogP contribution < -0.4 is 5.01 Å². The van der Waals surface area contributed by atoms with Gasteiger partial charge in [0, 0.05) is 12.4 Å². The number of rotatable bonds is 3. The van der Waals surface area contributed by atoms with Crippen LogP contribution in [0.2, 0.25) is 0 Å². The molecular formula is C19H17F3N4.